The Bertz CT molecular complexity index is 1600. The molecule has 0 radical (unpaired) electrons. The van der Waals surface area contributed by atoms with Gasteiger partial charge in [-0.05, 0) is 102 Å². The second kappa shape index (κ2) is 12.7. The van der Waals surface area contributed by atoms with E-state index >= 15 is 0 Å². The fraction of sp³-hybridized carbons (Fsp3) is 0.441. The maximum Gasteiger partial charge on any atom is 0.413 e. The summed E-state index contributed by atoms with van der Waals surface area (Å²) in [6.07, 6.45) is 6.49. The molecule has 0 spiro atoms. The van der Waals surface area contributed by atoms with E-state index in [1.165, 1.54) is 0 Å². The number of nitrogens with zero attached hydrogens (tertiary/aromatic N) is 6. The van der Waals surface area contributed by atoms with Crippen LogP contribution >= 0.6 is 0 Å². The van der Waals surface area contributed by atoms with Crippen molar-refractivity contribution in [1.29, 1.82) is 0 Å². The molecular formula is C34H41N7O3. The van der Waals surface area contributed by atoms with Gasteiger partial charge in [-0.15, -0.1) is 0 Å². The minimum atomic E-state index is -0.571. The van der Waals surface area contributed by atoms with Crippen LogP contribution in [0.1, 0.15) is 58.1 Å². The summed E-state index contributed by atoms with van der Waals surface area (Å²) >= 11 is 0. The summed E-state index contributed by atoms with van der Waals surface area (Å²) in [5, 5.41) is 2.72. The Kier molecular flexibility index (Phi) is 8.61. The fourth-order valence-corrected chi connectivity index (χ4v) is 6.34. The van der Waals surface area contributed by atoms with Gasteiger partial charge in [0.1, 0.15) is 17.1 Å². The number of piperidine rings is 2. The van der Waals surface area contributed by atoms with Crippen molar-refractivity contribution in [2.75, 3.05) is 31.5 Å². The molecule has 4 aromatic rings. The number of carbonyl (C=O) groups is 2. The van der Waals surface area contributed by atoms with Gasteiger partial charge in [-0.3, -0.25) is 20.0 Å². The van der Waals surface area contributed by atoms with Gasteiger partial charge in [-0.2, -0.15) is 0 Å². The van der Waals surface area contributed by atoms with Gasteiger partial charge in [0.25, 0.3) is 0 Å². The van der Waals surface area contributed by atoms with E-state index in [1.807, 2.05) is 63.4 Å². The summed E-state index contributed by atoms with van der Waals surface area (Å²) in [7, 11) is 0. The zero-order chi connectivity index (χ0) is 30.7. The van der Waals surface area contributed by atoms with Crippen LogP contribution in [0.3, 0.4) is 0 Å². The lowest BCUT2D eigenvalue weighted by atomic mass is 9.93. The molecule has 230 valence electrons. The molecule has 10 heteroatoms. The van der Waals surface area contributed by atoms with Crippen LogP contribution in [0.5, 0.6) is 0 Å². The van der Waals surface area contributed by atoms with Gasteiger partial charge in [0.05, 0.1) is 11.0 Å². The molecule has 0 unspecified atom stereocenters. The molecule has 2 fully saturated rings. The van der Waals surface area contributed by atoms with Crippen LogP contribution in [0.15, 0.2) is 67.0 Å². The third-order valence-corrected chi connectivity index (χ3v) is 8.43. The lowest BCUT2D eigenvalue weighted by molar-refractivity contribution is -0.138. The lowest BCUT2D eigenvalue weighted by Gasteiger charge is -2.38. The van der Waals surface area contributed by atoms with E-state index in [0.29, 0.717) is 5.82 Å². The van der Waals surface area contributed by atoms with Gasteiger partial charge in [-0.1, -0.05) is 18.2 Å². The number of hydrogen-bond acceptors (Lipinski definition) is 7. The minimum Gasteiger partial charge on any atom is -0.444 e. The molecule has 10 nitrogen and oxygen atoms in total. The van der Waals surface area contributed by atoms with Crippen LogP contribution in [-0.2, 0) is 16.1 Å². The normalized spacial score (nSPS) is 17.1. The quantitative estimate of drug-likeness (QED) is 0.295. The smallest absolute Gasteiger partial charge is 0.413 e. The highest BCUT2D eigenvalue weighted by molar-refractivity contribution is 5.83. The van der Waals surface area contributed by atoms with E-state index in [-0.39, 0.29) is 17.9 Å². The van der Waals surface area contributed by atoms with Crippen LogP contribution in [0, 0.1) is 5.92 Å². The Morgan fingerprint density at radius 3 is 2.39 bits per heavy atom. The standard InChI is InChI=1S/C34H41N7O3/c1-34(2,3)44-33(43)38-30-22-24(11-17-36-30)23-39-18-12-25(13-19-39)32(42)40-20-14-26(15-21-40)41-29-10-5-4-8-27(29)37-31(41)28-9-6-7-16-35-28/h4-11,16-17,22,25-26H,12-15,18-21,23H2,1-3H3,(H,36,38,43). The summed E-state index contributed by atoms with van der Waals surface area (Å²) < 4.78 is 7.68. The van der Waals surface area contributed by atoms with Crippen LogP contribution in [0.4, 0.5) is 10.6 Å². The number of benzene rings is 1. The van der Waals surface area contributed by atoms with Crippen LogP contribution in [-0.4, -0.2) is 73.1 Å². The predicted molar refractivity (Wildman–Crippen MR) is 170 cm³/mol. The van der Waals surface area contributed by atoms with Crippen molar-refractivity contribution in [1.82, 2.24) is 29.3 Å². The fourth-order valence-electron chi connectivity index (χ4n) is 6.34. The number of rotatable bonds is 6. The number of ether oxygens (including phenoxy) is 1. The molecule has 0 bridgehead atoms. The SMILES string of the molecule is CC(C)(C)OC(=O)Nc1cc(CN2CCC(C(=O)N3CCC(n4c(-c5ccccn5)nc5ccccc54)CC3)CC2)ccn1. The van der Waals surface area contributed by atoms with Crippen molar-refractivity contribution >= 4 is 28.9 Å². The third kappa shape index (κ3) is 6.91. The Morgan fingerprint density at radius 2 is 1.66 bits per heavy atom. The van der Waals surface area contributed by atoms with Gasteiger partial charge in [-0.25, -0.2) is 14.8 Å². The van der Waals surface area contributed by atoms with Gasteiger partial charge in [0.15, 0.2) is 5.82 Å². The number of likely N-dealkylation sites (tertiary alicyclic amines) is 2. The number of nitrogens with one attached hydrogen (secondary N) is 1. The first-order chi connectivity index (χ1) is 21.2. The number of imidazole rings is 1. The topological polar surface area (TPSA) is 105 Å². The van der Waals surface area contributed by atoms with E-state index in [0.717, 1.165) is 86.5 Å². The molecule has 1 N–H and O–H groups in total. The molecule has 2 aliphatic rings. The van der Waals surface area contributed by atoms with E-state index < -0.39 is 11.7 Å². The minimum absolute atomic E-state index is 0.0581. The first kappa shape index (κ1) is 29.7. The lowest BCUT2D eigenvalue weighted by Crippen LogP contribution is -2.45. The number of amides is 2. The van der Waals surface area contributed by atoms with E-state index in [4.69, 9.17) is 9.72 Å². The van der Waals surface area contributed by atoms with Gasteiger partial charge < -0.3 is 14.2 Å². The molecule has 2 amide bonds. The molecule has 2 saturated heterocycles. The monoisotopic (exact) mass is 595 g/mol. The second-order valence-corrected chi connectivity index (χ2v) is 12.8. The average molecular weight is 596 g/mol. The number of para-hydroxylation sites is 2. The second-order valence-electron chi connectivity index (χ2n) is 12.8. The van der Waals surface area contributed by atoms with Crippen molar-refractivity contribution in [3.63, 3.8) is 0 Å². The molecule has 3 aromatic heterocycles. The molecule has 5 heterocycles. The van der Waals surface area contributed by atoms with Gasteiger partial charge in [0, 0.05) is 44.0 Å². The van der Waals surface area contributed by atoms with E-state index in [1.54, 1.807) is 6.20 Å². The molecule has 1 aromatic carbocycles. The number of pyridine rings is 2. The van der Waals surface area contributed by atoms with E-state index in [9.17, 15) is 9.59 Å². The summed E-state index contributed by atoms with van der Waals surface area (Å²) in [5.41, 5.74) is 3.46. The summed E-state index contributed by atoms with van der Waals surface area (Å²) in [6, 6.07) is 18.3. The van der Waals surface area contributed by atoms with E-state index in [2.05, 4.69) is 47.9 Å². The van der Waals surface area contributed by atoms with Crippen LogP contribution in [0.2, 0.25) is 0 Å². The maximum atomic E-state index is 13.6. The van der Waals surface area contributed by atoms with Gasteiger partial charge >= 0.3 is 6.09 Å². The molecule has 0 atom stereocenters. The summed E-state index contributed by atoms with van der Waals surface area (Å²) in [5.74, 6) is 1.71. The number of anilines is 1. The third-order valence-electron chi connectivity index (χ3n) is 8.43. The molecular weight excluding hydrogens is 554 g/mol. The maximum absolute atomic E-state index is 13.6. The molecule has 0 aliphatic carbocycles. The largest absolute Gasteiger partial charge is 0.444 e. The van der Waals surface area contributed by atoms with Crippen LogP contribution < -0.4 is 5.32 Å². The molecule has 6 rings (SSSR count). The Balaban J connectivity index is 1.02. The Hall–Kier alpha value is -4.31. The van der Waals surface area contributed by atoms with Gasteiger partial charge in [0.2, 0.25) is 5.91 Å². The number of hydrogen-bond donors (Lipinski definition) is 1. The van der Waals surface area contributed by atoms with Crippen molar-refractivity contribution in [3.05, 3.63) is 72.6 Å². The summed E-state index contributed by atoms with van der Waals surface area (Å²) in [4.78, 5) is 43.9. The predicted octanol–water partition coefficient (Wildman–Crippen LogP) is 5.92. The highest BCUT2D eigenvalue weighted by Crippen LogP contribution is 2.33. The summed E-state index contributed by atoms with van der Waals surface area (Å²) in [6.45, 7) is 9.46. The Labute approximate surface area is 258 Å². The zero-order valence-corrected chi connectivity index (χ0v) is 25.8. The Morgan fingerprint density at radius 1 is 0.909 bits per heavy atom. The average Bonchev–Trinajstić information content (AvgIpc) is 3.41. The van der Waals surface area contributed by atoms with Crippen molar-refractivity contribution in [2.24, 2.45) is 5.92 Å². The van der Waals surface area contributed by atoms with Crippen molar-refractivity contribution < 1.29 is 14.3 Å². The highest BCUT2D eigenvalue weighted by atomic mass is 16.6. The first-order valence-corrected chi connectivity index (χ1v) is 15.6. The number of fused-ring (bicyclic) bond motifs is 1. The molecule has 44 heavy (non-hydrogen) atoms. The molecule has 2 aliphatic heterocycles. The zero-order valence-electron chi connectivity index (χ0n) is 25.8. The van der Waals surface area contributed by atoms with Crippen LogP contribution in [0.25, 0.3) is 22.6 Å². The number of carbonyl (C=O) groups excluding carboxylic acids is 2. The molecule has 0 saturated carbocycles. The first-order valence-electron chi connectivity index (χ1n) is 15.6. The highest BCUT2D eigenvalue weighted by Gasteiger charge is 2.32. The number of aromatic nitrogens is 4. The van der Waals surface area contributed by atoms with Crippen molar-refractivity contribution in [2.45, 2.75) is 64.6 Å². The van der Waals surface area contributed by atoms with Crippen molar-refractivity contribution in [3.8, 4) is 11.5 Å².